The van der Waals surface area contributed by atoms with Crippen LogP contribution in [0, 0.1) is 0 Å². The van der Waals surface area contributed by atoms with Gasteiger partial charge in [-0.3, -0.25) is 0 Å². The highest BCUT2D eigenvalue weighted by molar-refractivity contribution is 9.10. The largest absolute Gasteiger partial charge is 0.464 e. The molecule has 1 aliphatic carbocycles. The molecule has 0 spiro atoms. The Hall–Kier alpha value is -1.66. The first-order valence-corrected chi connectivity index (χ1v) is 8.40. The summed E-state index contributed by atoms with van der Waals surface area (Å²) in [5, 5.41) is 3.38. The monoisotopic (exact) mass is 395 g/mol. The van der Waals surface area contributed by atoms with E-state index in [4.69, 9.17) is 16.3 Å². The minimum Gasteiger partial charge on any atom is -0.464 e. The van der Waals surface area contributed by atoms with Gasteiger partial charge < -0.3 is 10.1 Å². The number of ether oxygens (including phenoxy) is 1. The van der Waals surface area contributed by atoms with Gasteiger partial charge in [0.05, 0.1) is 7.11 Å². The summed E-state index contributed by atoms with van der Waals surface area (Å²) >= 11 is 9.79. The number of rotatable bonds is 5. The molecule has 0 atom stereocenters. The Labute approximate surface area is 147 Å². The zero-order valence-corrected chi connectivity index (χ0v) is 14.8. The van der Waals surface area contributed by atoms with Crippen LogP contribution in [0.1, 0.15) is 40.6 Å². The van der Waals surface area contributed by atoms with Crippen LogP contribution < -0.4 is 5.32 Å². The van der Waals surface area contributed by atoms with E-state index in [2.05, 4.69) is 31.2 Å². The SMILES string of the molecule is COC(=O)c1nc(C2CC2)nc(NCc2ccccc2Br)c1Cl. The minimum absolute atomic E-state index is 0.112. The van der Waals surface area contributed by atoms with Gasteiger partial charge in [-0.05, 0) is 24.5 Å². The highest BCUT2D eigenvalue weighted by Gasteiger charge is 2.30. The van der Waals surface area contributed by atoms with E-state index in [1.807, 2.05) is 24.3 Å². The van der Waals surface area contributed by atoms with Crippen LogP contribution in [-0.2, 0) is 11.3 Å². The zero-order chi connectivity index (χ0) is 16.4. The van der Waals surface area contributed by atoms with Crippen LogP contribution >= 0.6 is 27.5 Å². The second kappa shape index (κ2) is 6.84. The fraction of sp³-hybridized carbons (Fsp3) is 0.312. The maximum atomic E-state index is 11.9. The first kappa shape index (κ1) is 16.2. The van der Waals surface area contributed by atoms with Crippen molar-refractivity contribution < 1.29 is 9.53 Å². The van der Waals surface area contributed by atoms with Crippen molar-refractivity contribution in [2.24, 2.45) is 0 Å². The number of esters is 1. The lowest BCUT2D eigenvalue weighted by atomic mass is 10.2. The van der Waals surface area contributed by atoms with Crippen molar-refractivity contribution in [3.8, 4) is 0 Å². The van der Waals surface area contributed by atoms with Gasteiger partial charge in [0.25, 0.3) is 0 Å². The maximum Gasteiger partial charge on any atom is 0.358 e. The molecular weight excluding hydrogens is 382 g/mol. The van der Waals surface area contributed by atoms with Crippen LogP contribution in [0.2, 0.25) is 5.02 Å². The van der Waals surface area contributed by atoms with E-state index in [1.165, 1.54) is 7.11 Å². The van der Waals surface area contributed by atoms with Gasteiger partial charge in [-0.15, -0.1) is 0 Å². The van der Waals surface area contributed by atoms with Crippen LogP contribution in [-0.4, -0.2) is 23.0 Å². The Balaban J connectivity index is 1.89. The fourth-order valence-corrected chi connectivity index (χ4v) is 2.81. The predicted octanol–water partition coefficient (Wildman–Crippen LogP) is 4.17. The number of hydrogen-bond acceptors (Lipinski definition) is 5. The number of nitrogens with zero attached hydrogens (tertiary/aromatic N) is 2. The van der Waals surface area contributed by atoms with Crippen molar-refractivity contribution in [2.45, 2.75) is 25.3 Å². The summed E-state index contributed by atoms with van der Waals surface area (Å²) in [5.74, 6) is 0.854. The molecule has 5 nitrogen and oxygen atoms in total. The molecule has 0 amide bonds. The molecule has 1 saturated carbocycles. The third-order valence-corrected chi connectivity index (χ3v) is 4.73. The molecule has 1 aromatic heterocycles. The highest BCUT2D eigenvalue weighted by Crippen LogP contribution is 2.39. The number of hydrogen-bond donors (Lipinski definition) is 1. The fourth-order valence-electron chi connectivity index (χ4n) is 2.16. The molecule has 0 aliphatic heterocycles. The molecule has 120 valence electrons. The minimum atomic E-state index is -0.553. The maximum absolute atomic E-state index is 11.9. The van der Waals surface area contributed by atoms with E-state index in [0.717, 1.165) is 22.9 Å². The van der Waals surface area contributed by atoms with Gasteiger partial charge in [-0.2, -0.15) is 0 Å². The normalized spacial score (nSPS) is 13.7. The Morgan fingerprint density at radius 1 is 1.39 bits per heavy atom. The van der Waals surface area contributed by atoms with Crippen LogP contribution in [0.3, 0.4) is 0 Å². The predicted molar refractivity (Wildman–Crippen MR) is 91.8 cm³/mol. The van der Waals surface area contributed by atoms with Crippen molar-refractivity contribution in [1.29, 1.82) is 0 Å². The highest BCUT2D eigenvalue weighted by atomic mass is 79.9. The van der Waals surface area contributed by atoms with E-state index < -0.39 is 5.97 Å². The first-order chi connectivity index (χ1) is 11.1. The third kappa shape index (κ3) is 3.64. The van der Waals surface area contributed by atoms with E-state index in [0.29, 0.717) is 24.1 Å². The quantitative estimate of drug-likeness (QED) is 0.769. The van der Waals surface area contributed by atoms with Gasteiger partial charge in [0, 0.05) is 16.9 Å². The van der Waals surface area contributed by atoms with Crippen LogP contribution in [0.25, 0.3) is 0 Å². The van der Waals surface area contributed by atoms with Gasteiger partial charge in [-0.1, -0.05) is 45.7 Å². The van der Waals surface area contributed by atoms with Crippen molar-refractivity contribution >= 4 is 39.3 Å². The summed E-state index contributed by atoms with van der Waals surface area (Å²) in [4.78, 5) is 20.6. The zero-order valence-electron chi connectivity index (χ0n) is 12.5. The molecule has 0 bridgehead atoms. The van der Waals surface area contributed by atoms with Crippen molar-refractivity contribution in [3.63, 3.8) is 0 Å². The van der Waals surface area contributed by atoms with E-state index in [1.54, 1.807) is 0 Å². The Kier molecular flexibility index (Phi) is 4.82. The van der Waals surface area contributed by atoms with Crippen LogP contribution in [0.5, 0.6) is 0 Å². The summed E-state index contributed by atoms with van der Waals surface area (Å²) in [6.45, 7) is 0.531. The summed E-state index contributed by atoms with van der Waals surface area (Å²) in [6, 6.07) is 7.87. The standard InChI is InChI=1S/C16H15BrClN3O2/c1-23-16(22)13-12(18)15(21-14(20-13)9-6-7-9)19-8-10-4-2-3-5-11(10)17/h2-5,9H,6-8H2,1H3,(H,19,20,21). The molecule has 3 rings (SSSR count). The number of anilines is 1. The molecule has 1 N–H and O–H groups in total. The molecule has 0 unspecified atom stereocenters. The smallest absolute Gasteiger partial charge is 0.358 e. The van der Waals surface area contributed by atoms with E-state index in [9.17, 15) is 4.79 Å². The molecule has 0 radical (unpaired) electrons. The van der Waals surface area contributed by atoms with Crippen LogP contribution in [0.15, 0.2) is 28.7 Å². The molecule has 1 aliphatic rings. The number of nitrogens with one attached hydrogen (secondary N) is 1. The number of benzene rings is 1. The number of methoxy groups -OCH3 is 1. The van der Waals surface area contributed by atoms with E-state index >= 15 is 0 Å². The molecule has 23 heavy (non-hydrogen) atoms. The van der Waals surface area contributed by atoms with Crippen molar-refractivity contribution in [2.75, 3.05) is 12.4 Å². The van der Waals surface area contributed by atoms with Crippen LogP contribution in [0.4, 0.5) is 5.82 Å². The lowest BCUT2D eigenvalue weighted by Crippen LogP contribution is -2.12. The Morgan fingerprint density at radius 2 is 2.13 bits per heavy atom. The molecule has 1 heterocycles. The number of halogens is 2. The summed E-state index contributed by atoms with van der Waals surface area (Å²) in [5.41, 5.74) is 1.18. The summed E-state index contributed by atoms with van der Waals surface area (Å²) in [7, 11) is 1.31. The summed E-state index contributed by atoms with van der Waals surface area (Å²) < 4.78 is 5.75. The molecule has 1 aromatic carbocycles. The second-order valence-corrected chi connectivity index (χ2v) is 6.54. The lowest BCUT2D eigenvalue weighted by Gasteiger charge is -2.12. The number of carbonyl (C=O) groups is 1. The molecule has 2 aromatic rings. The third-order valence-electron chi connectivity index (χ3n) is 3.59. The van der Waals surface area contributed by atoms with Gasteiger partial charge in [-0.25, -0.2) is 14.8 Å². The average molecular weight is 397 g/mol. The Bertz CT molecular complexity index is 750. The summed E-state index contributed by atoms with van der Waals surface area (Å²) in [6.07, 6.45) is 2.07. The number of aromatic nitrogens is 2. The molecular formula is C16H15BrClN3O2. The van der Waals surface area contributed by atoms with Crippen molar-refractivity contribution in [3.05, 3.63) is 50.8 Å². The van der Waals surface area contributed by atoms with Crippen molar-refractivity contribution in [1.82, 2.24) is 9.97 Å². The molecule has 0 saturated heterocycles. The second-order valence-electron chi connectivity index (χ2n) is 5.30. The molecule has 1 fully saturated rings. The Morgan fingerprint density at radius 3 is 2.78 bits per heavy atom. The topological polar surface area (TPSA) is 64.1 Å². The number of carbonyl (C=O) groups excluding carboxylic acids is 1. The van der Waals surface area contributed by atoms with Gasteiger partial charge >= 0.3 is 5.97 Å². The molecule has 7 heteroatoms. The van der Waals surface area contributed by atoms with Gasteiger partial charge in [0.15, 0.2) is 5.69 Å². The average Bonchev–Trinajstić information content (AvgIpc) is 3.39. The van der Waals surface area contributed by atoms with Gasteiger partial charge in [0.2, 0.25) is 0 Å². The van der Waals surface area contributed by atoms with Gasteiger partial charge in [0.1, 0.15) is 16.7 Å². The van der Waals surface area contributed by atoms with E-state index in [-0.39, 0.29) is 10.7 Å². The lowest BCUT2D eigenvalue weighted by molar-refractivity contribution is 0.0593. The first-order valence-electron chi connectivity index (χ1n) is 7.23.